The Morgan fingerprint density at radius 1 is 1.26 bits per heavy atom. The van der Waals surface area contributed by atoms with Gasteiger partial charge in [0.25, 0.3) is 0 Å². The number of nitrogens with zero attached hydrogens (tertiary/aromatic N) is 2. The third-order valence-electron chi connectivity index (χ3n) is 4.08. The molecule has 1 fully saturated rings. The molecule has 4 heteroatoms. The molecule has 0 aromatic heterocycles. The Labute approximate surface area is 132 Å². The molecule has 1 aromatic carbocycles. The maximum Gasteiger partial charge on any atom is 0.194 e. The number of benzene rings is 1. The molecular weight excluding hydrogens is 349 g/mol. The van der Waals surface area contributed by atoms with Crippen molar-refractivity contribution in [2.45, 2.75) is 38.3 Å². The number of fused-ring (bicyclic) bond motifs is 1. The van der Waals surface area contributed by atoms with Crippen molar-refractivity contribution in [2.75, 3.05) is 13.6 Å². The van der Waals surface area contributed by atoms with Gasteiger partial charge in [-0.1, -0.05) is 24.3 Å². The van der Waals surface area contributed by atoms with Gasteiger partial charge < -0.3 is 10.2 Å². The summed E-state index contributed by atoms with van der Waals surface area (Å²) in [6, 6.07) is 9.40. The number of halogens is 1. The van der Waals surface area contributed by atoms with Crippen LogP contribution in [0.2, 0.25) is 0 Å². The smallest absolute Gasteiger partial charge is 0.194 e. The van der Waals surface area contributed by atoms with Crippen LogP contribution in [0.4, 0.5) is 0 Å². The van der Waals surface area contributed by atoms with Crippen molar-refractivity contribution in [2.24, 2.45) is 4.99 Å². The summed E-state index contributed by atoms with van der Waals surface area (Å²) >= 11 is 0. The van der Waals surface area contributed by atoms with E-state index in [1.54, 1.807) is 0 Å². The van der Waals surface area contributed by atoms with Gasteiger partial charge >= 0.3 is 0 Å². The molecule has 104 valence electrons. The maximum atomic E-state index is 4.44. The van der Waals surface area contributed by atoms with Crippen molar-refractivity contribution in [3.63, 3.8) is 0 Å². The molecule has 1 saturated carbocycles. The second-order valence-corrected chi connectivity index (χ2v) is 5.26. The van der Waals surface area contributed by atoms with Gasteiger partial charge in [-0.25, -0.2) is 0 Å². The molecule has 3 nitrogen and oxygen atoms in total. The van der Waals surface area contributed by atoms with Gasteiger partial charge in [-0.3, -0.25) is 4.99 Å². The van der Waals surface area contributed by atoms with E-state index in [9.17, 15) is 0 Å². The molecule has 0 bridgehead atoms. The topological polar surface area (TPSA) is 27.6 Å². The van der Waals surface area contributed by atoms with Gasteiger partial charge in [-0.05, 0) is 36.8 Å². The van der Waals surface area contributed by atoms with Gasteiger partial charge in [-0.15, -0.1) is 24.0 Å². The van der Waals surface area contributed by atoms with Gasteiger partial charge in [0.05, 0.1) is 0 Å². The third kappa shape index (κ3) is 3.22. The van der Waals surface area contributed by atoms with Crippen LogP contribution in [0.15, 0.2) is 29.3 Å². The Bertz CT molecular complexity index is 454. The zero-order valence-electron chi connectivity index (χ0n) is 11.4. The lowest BCUT2D eigenvalue weighted by Gasteiger charge is -2.35. The minimum Gasteiger partial charge on any atom is -0.354 e. The van der Waals surface area contributed by atoms with Crippen LogP contribution >= 0.6 is 24.0 Å². The lowest BCUT2D eigenvalue weighted by Crippen LogP contribution is -2.49. The lowest BCUT2D eigenvalue weighted by atomic mass is 9.93. The van der Waals surface area contributed by atoms with Crippen LogP contribution in [0.25, 0.3) is 0 Å². The van der Waals surface area contributed by atoms with Crippen LogP contribution in [0.1, 0.15) is 30.4 Å². The van der Waals surface area contributed by atoms with E-state index in [1.165, 1.54) is 30.4 Å². The number of rotatable bonds is 1. The zero-order chi connectivity index (χ0) is 12.4. The largest absolute Gasteiger partial charge is 0.354 e. The van der Waals surface area contributed by atoms with Crippen LogP contribution in [-0.2, 0) is 13.0 Å². The van der Waals surface area contributed by atoms with Crippen LogP contribution in [0.5, 0.6) is 0 Å². The van der Waals surface area contributed by atoms with Gasteiger partial charge in [-0.2, -0.15) is 0 Å². The van der Waals surface area contributed by atoms with Crippen LogP contribution in [0, 0.1) is 0 Å². The summed E-state index contributed by atoms with van der Waals surface area (Å²) < 4.78 is 0. The molecule has 2 aliphatic rings. The number of nitrogens with one attached hydrogen (secondary N) is 1. The Balaban J connectivity index is 0.00000133. The molecule has 3 rings (SSSR count). The maximum absolute atomic E-state index is 4.44. The molecule has 1 heterocycles. The van der Waals surface area contributed by atoms with E-state index in [1.807, 2.05) is 7.05 Å². The van der Waals surface area contributed by atoms with E-state index in [0.717, 1.165) is 25.5 Å². The van der Waals surface area contributed by atoms with E-state index < -0.39 is 0 Å². The molecular formula is C15H22IN3. The van der Waals surface area contributed by atoms with Gasteiger partial charge in [0, 0.05) is 26.2 Å². The molecule has 1 aliphatic heterocycles. The normalized spacial score (nSPS) is 19.2. The molecule has 0 unspecified atom stereocenters. The van der Waals surface area contributed by atoms with E-state index in [4.69, 9.17) is 0 Å². The summed E-state index contributed by atoms with van der Waals surface area (Å²) in [4.78, 5) is 6.81. The van der Waals surface area contributed by atoms with Crippen molar-refractivity contribution < 1.29 is 0 Å². The fraction of sp³-hybridized carbons (Fsp3) is 0.533. The van der Waals surface area contributed by atoms with E-state index in [0.29, 0.717) is 6.04 Å². The summed E-state index contributed by atoms with van der Waals surface area (Å²) in [6.45, 7) is 2.06. The van der Waals surface area contributed by atoms with Crippen LogP contribution < -0.4 is 5.32 Å². The highest BCUT2D eigenvalue weighted by atomic mass is 127. The van der Waals surface area contributed by atoms with Crippen molar-refractivity contribution in [1.29, 1.82) is 0 Å². The highest BCUT2D eigenvalue weighted by molar-refractivity contribution is 14.0. The second kappa shape index (κ2) is 6.59. The third-order valence-corrected chi connectivity index (χ3v) is 4.08. The first-order valence-electron chi connectivity index (χ1n) is 6.92. The Hall–Kier alpha value is -0.780. The molecule has 0 amide bonds. The summed E-state index contributed by atoms with van der Waals surface area (Å²) in [5, 5.41) is 3.58. The number of hydrogen-bond acceptors (Lipinski definition) is 1. The van der Waals surface area contributed by atoms with Crippen molar-refractivity contribution in [3.05, 3.63) is 35.4 Å². The predicted octanol–water partition coefficient (Wildman–Crippen LogP) is 2.79. The van der Waals surface area contributed by atoms with Crippen LogP contribution in [-0.4, -0.2) is 30.5 Å². The van der Waals surface area contributed by atoms with Crippen LogP contribution in [0.3, 0.4) is 0 Å². The molecule has 0 saturated heterocycles. The molecule has 1 N–H and O–H groups in total. The van der Waals surface area contributed by atoms with Gasteiger partial charge in [0.15, 0.2) is 5.96 Å². The monoisotopic (exact) mass is 371 g/mol. The van der Waals surface area contributed by atoms with Gasteiger partial charge in [0.1, 0.15) is 0 Å². The van der Waals surface area contributed by atoms with E-state index in [2.05, 4.69) is 39.5 Å². The molecule has 1 aromatic rings. The van der Waals surface area contributed by atoms with Crippen molar-refractivity contribution >= 4 is 29.9 Å². The van der Waals surface area contributed by atoms with Crippen molar-refractivity contribution in [3.8, 4) is 0 Å². The summed E-state index contributed by atoms with van der Waals surface area (Å²) in [5.74, 6) is 1.08. The summed E-state index contributed by atoms with van der Waals surface area (Å²) in [7, 11) is 1.89. The molecule has 0 spiro atoms. The number of hydrogen-bond donors (Lipinski definition) is 1. The number of aliphatic imine (C=N–C) groups is 1. The fourth-order valence-electron chi connectivity index (χ4n) is 2.71. The average Bonchev–Trinajstić information content (AvgIpc) is 2.37. The average molecular weight is 371 g/mol. The Morgan fingerprint density at radius 2 is 2.00 bits per heavy atom. The molecule has 0 atom stereocenters. The Morgan fingerprint density at radius 3 is 2.63 bits per heavy atom. The molecule has 1 aliphatic carbocycles. The fourth-order valence-corrected chi connectivity index (χ4v) is 2.71. The quantitative estimate of drug-likeness (QED) is 0.467. The van der Waals surface area contributed by atoms with E-state index in [-0.39, 0.29) is 24.0 Å². The van der Waals surface area contributed by atoms with Crippen molar-refractivity contribution in [1.82, 2.24) is 10.2 Å². The standard InChI is InChI=1S/C15H21N3.HI/c1-16-15(17-14-7-4-8-14)18-10-9-12-5-2-3-6-13(12)11-18;/h2-3,5-6,14H,4,7-11H2,1H3,(H,16,17);1H. The Kier molecular flexibility index (Phi) is 5.07. The molecule has 19 heavy (non-hydrogen) atoms. The summed E-state index contributed by atoms with van der Waals surface area (Å²) in [5.41, 5.74) is 2.94. The number of guanidine groups is 1. The lowest BCUT2D eigenvalue weighted by molar-refractivity contribution is 0.333. The second-order valence-electron chi connectivity index (χ2n) is 5.26. The minimum atomic E-state index is 0. The highest BCUT2D eigenvalue weighted by Crippen LogP contribution is 2.21. The first kappa shape index (κ1) is 14.6. The minimum absolute atomic E-state index is 0. The molecule has 0 radical (unpaired) electrons. The first-order valence-corrected chi connectivity index (χ1v) is 6.92. The predicted molar refractivity (Wildman–Crippen MR) is 90.1 cm³/mol. The van der Waals surface area contributed by atoms with E-state index >= 15 is 0 Å². The SMILES string of the molecule is CN=C(NC1CCC1)N1CCc2ccccc2C1.I. The zero-order valence-corrected chi connectivity index (χ0v) is 13.8. The first-order chi connectivity index (χ1) is 8.86. The van der Waals surface area contributed by atoms with Gasteiger partial charge in [0.2, 0.25) is 0 Å². The highest BCUT2D eigenvalue weighted by Gasteiger charge is 2.23. The summed E-state index contributed by atoms with van der Waals surface area (Å²) in [6.07, 6.45) is 5.08.